The average molecular weight is 271 g/mol. The van der Waals surface area contributed by atoms with Gasteiger partial charge in [-0.25, -0.2) is 0 Å². The van der Waals surface area contributed by atoms with Crippen molar-refractivity contribution >= 4 is 15.2 Å². The topological polar surface area (TPSA) is 164 Å². The molecule has 0 radical (unpaired) electrons. The van der Waals surface area contributed by atoms with E-state index in [4.69, 9.17) is 20.4 Å². The van der Waals surface area contributed by atoms with Gasteiger partial charge in [-0.05, 0) is 6.42 Å². The molecule has 0 aliphatic heterocycles. The van der Waals surface area contributed by atoms with Gasteiger partial charge in [-0.1, -0.05) is 6.92 Å². The van der Waals surface area contributed by atoms with Crippen molar-refractivity contribution in [3.8, 4) is 0 Å². The van der Waals surface area contributed by atoms with Crippen LogP contribution in [0.3, 0.4) is 0 Å². The van der Waals surface area contributed by atoms with E-state index >= 15 is 0 Å². The number of hydrogen-bond donors (Lipinski definition) is 5. The predicted octanol–water partition coefficient (Wildman–Crippen LogP) is -4.90. The maximum atomic E-state index is 10.7. The van der Waals surface area contributed by atoms with Gasteiger partial charge < -0.3 is 35.0 Å². The molecule has 0 saturated carbocycles. The standard InChI is InChI=1S/C4H13NO7P2.Na/c1-2-3(5)4(6,13(7,8)9)14(10,11)12;/h3,6H,2,5H2,1H3,(H2,7,8,9)(H2,10,11,12);/q;+1/p-1/t3-;/m0./s1. The molecule has 15 heavy (non-hydrogen) atoms. The Bertz CT molecular complexity index is 275. The molecule has 86 valence electrons. The van der Waals surface area contributed by atoms with E-state index in [-0.39, 0.29) is 36.0 Å². The second-order valence-corrected chi connectivity index (χ2v) is 6.61. The minimum absolute atomic E-state index is 0. The molecule has 0 aromatic carbocycles. The zero-order valence-electron chi connectivity index (χ0n) is 8.27. The Hall–Kier alpha value is 1.22. The number of rotatable bonds is 4. The molecule has 6 N–H and O–H groups in total. The molecule has 2 unspecified atom stereocenters. The van der Waals surface area contributed by atoms with Crippen molar-refractivity contribution in [1.29, 1.82) is 0 Å². The van der Waals surface area contributed by atoms with Gasteiger partial charge in [0.05, 0.1) is 6.04 Å². The van der Waals surface area contributed by atoms with Crippen molar-refractivity contribution in [3.05, 3.63) is 0 Å². The molecule has 0 aliphatic carbocycles. The predicted molar refractivity (Wildman–Crippen MR) is 45.1 cm³/mol. The minimum atomic E-state index is -5.66. The maximum Gasteiger partial charge on any atom is 1.00 e. The first-order valence-electron chi connectivity index (χ1n) is 3.56. The van der Waals surface area contributed by atoms with Gasteiger partial charge >= 0.3 is 37.2 Å². The number of hydrogen-bond acceptors (Lipinski definition) is 5. The van der Waals surface area contributed by atoms with E-state index in [0.717, 1.165) is 0 Å². The fraction of sp³-hybridized carbons (Fsp3) is 1.00. The molecule has 0 rings (SSSR count). The second-order valence-electron chi connectivity index (χ2n) is 2.77. The van der Waals surface area contributed by atoms with Crippen molar-refractivity contribution in [2.24, 2.45) is 5.73 Å². The van der Waals surface area contributed by atoms with Gasteiger partial charge in [-0.3, -0.25) is 4.57 Å². The van der Waals surface area contributed by atoms with Gasteiger partial charge in [0.1, 0.15) is 0 Å². The van der Waals surface area contributed by atoms with Gasteiger partial charge in [0.15, 0.2) is 7.60 Å². The third kappa shape index (κ3) is 3.59. The SMILES string of the molecule is CC[C@H](N)C(O)(P(=O)([O-])O)P(=O)(O)O.[Na+]. The van der Waals surface area contributed by atoms with Crippen LogP contribution in [0.2, 0.25) is 0 Å². The first-order valence-corrected chi connectivity index (χ1v) is 6.75. The third-order valence-corrected chi connectivity index (χ3v) is 5.67. The fourth-order valence-corrected chi connectivity index (χ4v) is 3.40. The number of nitrogens with two attached hydrogens (primary N) is 1. The van der Waals surface area contributed by atoms with Crippen molar-refractivity contribution < 1.29 is 63.4 Å². The van der Waals surface area contributed by atoms with Crippen LogP contribution in [0.1, 0.15) is 13.3 Å². The van der Waals surface area contributed by atoms with Gasteiger partial charge in [0, 0.05) is 0 Å². The zero-order valence-corrected chi connectivity index (χ0v) is 12.1. The van der Waals surface area contributed by atoms with Crippen LogP contribution >= 0.6 is 15.2 Å². The van der Waals surface area contributed by atoms with Crippen LogP contribution in [0.15, 0.2) is 0 Å². The second kappa shape index (κ2) is 5.71. The normalized spacial score (nSPS) is 22.1. The minimum Gasteiger partial charge on any atom is -0.776 e. The molecule has 11 heteroatoms. The maximum absolute atomic E-state index is 10.7. The van der Waals surface area contributed by atoms with Gasteiger partial charge in [-0.2, -0.15) is 0 Å². The van der Waals surface area contributed by atoms with E-state index in [9.17, 15) is 19.1 Å². The summed E-state index contributed by atoms with van der Waals surface area (Å²) in [6.45, 7) is 1.31. The molecule has 0 saturated heterocycles. The van der Waals surface area contributed by atoms with Crippen molar-refractivity contribution in [3.63, 3.8) is 0 Å². The molecule has 0 fully saturated rings. The van der Waals surface area contributed by atoms with E-state index < -0.39 is 26.3 Å². The first kappa shape index (κ1) is 18.6. The molecule has 0 aliphatic rings. The summed E-state index contributed by atoms with van der Waals surface area (Å²) in [5.74, 6) is 0. The number of aliphatic hydroxyl groups is 1. The van der Waals surface area contributed by atoms with Gasteiger partial charge in [0.2, 0.25) is 5.08 Å². The van der Waals surface area contributed by atoms with Crippen LogP contribution in [-0.2, 0) is 9.13 Å². The van der Waals surface area contributed by atoms with Crippen LogP contribution in [0.4, 0.5) is 0 Å². The van der Waals surface area contributed by atoms with E-state index in [1.807, 2.05) is 0 Å². The van der Waals surface area contributed by atoms with Crippen molar-refractivity contribution in [2.45, 2.75) is 24.5 Å². The Labute approximate surface area is 108 Å². The molecular weight excluding hydrogens is 259 g/mol. The average Bonchev–Trinajstić information content (AvgIpc) is 1.97. The molecule has 8 nitrogen and oxygen atoms in total. The summed E-state index contributed by atoms with van der Waals surface area (Å²) in [7, 11) is -11.1. The molecule has 0 spiro atoms. The first-order chi connectivity index (χ1) is 5.98. The monoisotopic (exact) mass is 271 g/mol. The third-order valence-electron chi connectivity index (χ3n) is 1.78. The summed E-state index contributed by atoms with van der Waals surface area (Å²) in [6.07, 6.45) is -0.228. The summed E-state index contributed by atoms with van der Waals surface area (Å²) in [5, 5.41) is 5.62. The van der Waals surface area contributed by atoms with Crippen LogP contribution in [0.5, 0.6) is 0 Å². The van der Waals surface area contributed by atoms with E-state index in [1.165, 1.54) is 6.92 Å². The molecule has 3 atom stereocenters. The summed E-state index contributed by atoms with van der Waals surface area (Å²) < 4.78 is 21.4. The van der Waals surface area contributed by atoms with Crippen LogP contribution < -0.4 is 40.2 Å². The quantitative estimate of drug-likeness (QED) is 0.251. The van der Waals surface area contributed by atoms with Gasteiger partial charge in [-0.15, -0.1) is 0 Å². The van der Waals surface area contributed by atoms with E-state index in [1.54, 1.807) is 0 Å². The summed E-state index contributed by atoms with van der Waals surface area (Å²) in [5.41, 5.74) is 5.05. The van der Waals surface area contributed by atoms with Crippen LogP contribution in [0, 0.1) is 0 Å². The smallest absolute Gasteiger partial charge is 0.776 e. The van der Waals surface area contributed by atoms with Crippen LogP contribution in [-0.4, -0.2) is 30.9 Å². The largest absolute Gasteiger partial charge is 1.00 e. The Morgan fingerprint density at radius 2 is 1.73 bits per heavy atom. The summed E-state index contributed by atoms with van der Waals surface area (Å²) in [4.78, 5) is 36.5. The molecule has 0 heterocycles. The van der Waals surface area contributed by atoms with Crippen molar-refractivity contribution in [1.82, 2.24) is 0 Å². The summed E-state index contributed by atoms with van der Waals surface area (Å²) in [6, 6.07) is -1.77. The molecule has 0 bridgehead atoms. The molecule has 0 amide bonds. The van der Waals surface area contributed by atoms with Crippen molar-refractivity contribution in [2.75, 3.05) is 0 Å². The summed E-state index contributed by atoms with van der Waals surface area (Å²) >= 11 is 0. The van der Waals surface area contributed by atoms with E-state index in [2.05, 4.69) is 0 Å². The fourth-order valence-electron chi connectivity index (χ4n) is 0.864. The Morgan fingerprint density at radius 3 is 1.80 bits per heavy atom. The Morgan fingerprint density at radius 1 is 1.40 bits per heavy atom. The van der Waals surface area contributed by atoms with Gasteiger partial charge in [0.25, 0.3) is 0 Å². The molecular formula is C4H12NNaO7P2. The molecule has 0 aromatic rings. The zero-order chi connectivity index (χ0) is 11.8. The van der Waals surface area contributed by atoms with E-state index in [0.29, 0.717) is 0 Å². The Kier molecular flexibility index (Phi) is 7.07. The Balaban J connectivity index is 0. The molecule has 0 aromatic heterocycles. The van der Waals surface area contributed by atoms with Crippen LogP contribution in [0.25, 0.3) is 0 Å².